The van der Waals surface area contributed by atoms with Crippen molar-refractivity contribution in [3.8, 4) is 0 Å². The van der Waals surface area contributed by atoms with Gasteiger partial charge < -0.3 is 24.4 Å². The van der Waals surface area contributed by atoms with E-state index in [9.17, 15) is 23.1 Å². The zero-order valence-corrected chi connectivity index (χ0v) is 24.9. The molecule has 0 saturated carbocycles. The molecule has 3 rings (SSSR count). The topological polar surface area (TPSA) is 113 Å². The highest BCUT2D eigenvalue weighted by molar-refractivity contribution is 7.90. The molecule has 0 heterocycles. The summed E-state index contributed by atoms with van der Waals surface area (Å²) in [5.41, 5.74) is 2.58. The summed E-state index contributed by atoms with van der Waals surface area (Å²) in [7, 11) is -3.31. The van der Waals surface area contributed by atoms with E-state index in [1.807, 2.05) is 60.7 Å². The molecule has 0 fully saturated rings. The molecule has 0 aliphatic heterocycles. The molecule has 0 aromatic heterocycles. The van der Waals surface area contributed by atoms with Crippen LogP contribution in [0.1, 0.15) is 42.4 Å². The summed E-state index contributed by atoms with van der Waals surface area (Å²) >= 11 is 0. The Kier molecular flexibility index (Phi) is 13.3. The molecule has 0 unspecified atom stereocenters. The Labute approximate surface area is 248 Å². The lowest BCUT2D eigenvalue weighted by Crippen LogP contribution is -2.35. The van der Waals surface area contributed by atoms with Gasteiger partial charge >= 0.3 is 12.2 Å². The lowest BCUT2D eigenvalue weighted by Gasteiger charge is -2.23. The minimum atomic E-state index is -3.31. The number of carbonyl (C=O) groups excluding carboxylic acids is 2. The molecule has 2 amide bonds. The molecule has 0 atom stereocenters. The Morgan fingerprint density at radius 2 is 1.12 bits per heavy atom. The number of hydrogen-bond donors (Lipinski definition) is 1. The van der Waals surface area contributed by atoms with E-state index in [1.165, 1.54) is 4.90 Å². The first-order chi connectivity index (χ1) is 20.3. The number of aliphatic hydroxyl groups excluding tert-OH is 1. The van der Waals surface area contributed by atoms with Gasteiger partial charge in [-0.05, 0) is 41.7 Å². The van der Waals surface area contributed by atoms with Gasteiger partial charge in [-0.3, -0.25) is 0 Å². The summed E-state index contributed by atoms with van der Waals surface area (Å²) < 4.78 is 34.6. The molecule has 3 aromatic rings. The Bertz CT molecular complexity index is 1330. The van der Waals surface area contributed by atoms with Gasteiger partial charge in [0.15, 0.2) is 9.84 Å². The predicted octanol–water partition coefficient (Wildman–Crippen LogP) is 5.42. The van der Waals surface area contributed by atoms with Crippen molar-refractivity contribution in [2.24, 2.45) is 0 Å². The van der Waals surface area contributed by atoms with E-state index in [-0.39, 0.29) is 37.8 Å². The van der Waals surface area contributed by atoms with Gasteiger partial charge in [0.1, 0.15) is 13.2 Å². The van der Waals surface area contributed by atoms with E-state index < -0.39 is 22.0 Å². The minimum Gasteiger partial charge on any atom is -0.445 e. The third-order valence-corrected chi connectivity index (χ3v) is 7.76. The Morgan fingerprint density at radius 3 is 1.60 bits per heavy atom. The number of amides is 2. The number of ether oxygens (including phenoxy) is 2. The molecule has 226 valence electrons. The van der Waals surface area contributed by atoms with E-state index in [4.69, 9.17) is 9.47 Å². The van der Waals surface area contributed by atoms with Crippen LogP contribution >= 0.6 is 0 Å². The number of unbranched alkanes of at least 4 members (excludes halogenated alkanes) is 3. The second-order valence-electron chi connectivity index (χ2n) is 10.0. The standard InChI is InChI=1S/C32H40N2O7S/c1-42(38,39)30-18-16-27(17-19-30)24-34(32(37)41-26-29-14-8-5-9-15-29)21-11-3-2-10-20-33(22-23-35)31(36)40-25-28-12-6-4-7-13-28/h4-9,12-19,35H,2-3,10-11,20-26H2,1H3. The Hall–Kier alpha value is -3.89. The number of rotatable bonds is 16. The quantitative estimate of drug-likeness (QED) is 0.220. The predicted molar refractivity (Wildman–Crippen MR) is 160 cm³/mol. The van der Waals surface area contributed by atoms with E-state index in [2.05, 4.69) is 0 Å². The molecule has 0 radical (unpaired) electrons. The van der Waals surface area contributed by atoms with Crippen molar-refractivity contribution in [2.45, 2.75) is 50.3 Å². The van der Waals surface area contributed by atoms with Crippen LogP contribution < -0.4 is 0 Å². The zero-order valence-electron chi connectivity index (χ0n) is 24.1. The first-order valence-electron chi connectivity index (χ1n) is 14.1. The minimum absolute atomic E-state index is 0.147. The van der Waals surface area contributed by atoms with Crippen LogP contribution in [0.5, 0.6) is 0 Å². The molecule has 10 heteroatoms. The molecule has 0 aliphatic rings. The molecule has 0 saturated heterocycles. The molecule has 9 nitrogen and oxygen atoms in total. The van der Waals surface area contributed by atoms with Gasteiger partial charge in [0.05, 0.1) is 11.5 Å². The average molecular weight is 597 g/mol. The summed E-state index contributed by atoms with van der Waals surface area (Å²) in [5.74, 6) is 0. The van der Waals surface area contributed by atoms with E-state index in [1.54, 1.807) is 29.2 Å². The summed E-state index contributed by atoms with van der Waals surface area (Å²) in [6.45, 7) is 1.59. The van der Waals surface area contributed by atoms with Crippen molar-refractivity contribution in [3.63, 3.8) is 0 Å². The van der Waals surface area contributed by atoms with Crippen LogP contribution in [0.4, 0.5) is 9.59 Å². The normalized spacial score (nSPS) is 11.1. The highest BCUT2D eigenvalue weighted by atomic mass is 32.2. The van der Waals surface area contributed by atoms with Gasteiger partial charge in [0.2, 0.25) is 0 Å². The first-order valence-corrected chi connectivity index (χ1v) is 16.0. The smallest absolute Gasteiger partial charge is 0.410 e. The molecule has 3 aromatic carbocycles. The highest BCUT2D eigenvalue weighted by Gasteiger charge is 2.17. The van der Waals surface area contributed by atoms with Crippen LogP contribution in [0.15, 0.2) is 89.8 Å². The maximum atomic E-state index is 13.0. The number of carbonyl (C=O) groups is 2. The number of nitrogens with zero attached hydrogens (tertiary/aromatic N) is 2. The lowest BCUT2D eigenvalue weighted by atomic mass is 10.1. The largest absolute Gasteiger partial charge is 0.445 e. The zero-order chi connectivity index (χ0) is 30.2. The fourth-order valence-electron chi connectivity index (χ4n) is 4.29. The van der Waals surface area contributed by atoms with E-state index in [0.717, 1.165) is 48.6 Å². The molecule has 0 aliphatic carbocycles. The van der Waals surface area contributed by atoms with Gasteiger partial charge in [0, 0.05) is 32.4 Å². The summed E-state index contributed by atoms with van der Waals surface area (Å²) in [6.07, 6.45) is 3.35. The number of hydrogen-bond acceptors (Lipinski definition) is 7. The van der Waals surface area contributed by atoms with Crippen molar-refractivity contribution in [1.29, 1.82) is 0 Å². The second-order valence-corrected chi connectivity index (χ2v) is 12.1. The van der Waals surface area contributed by atoms with Crippen LogP contribution in [0.2, 0.25) is 0 Å². The highest BCUT2D eigenvalue weighted by Crippen LogP contribution is 2.15. The third kappa shape index (κ3) is 11.5. The molecular formula is C32H40N2O7S. The molecule has 42 heavy (non-hydrogen) atoms. The van der Waals surface area contributed by atoms with Crippen LogP contribution in [-0.4, -0.2) is 68.0 Å². The van der Waals surface area contributed by atoms with Crippen molar-refractivity contribution in [1.82, 2.24) is 9.80 Å². The van der Waals surface area contributed by atoms with Crippen molar-refractivity contribution >= 4 is 22.0 Å². The molecule has 0 spiro atoms. The number of sulfone groups is 1. The summed E-state index contributed by atoms with van der Waals surface area (Å²) in [6, 6.07) is 25.4. The fraction of sp³-hybridized carbons (Fsp3) is 0.375. The number of aliphatic hydroxyl groups is 1. The number of benzene rings is 3. The molecular weight excluding hydrogens is 556 g/mol. The first kappa shape index (κ1) is 32.6. The van der Waals surface area contributed by atoms with Gasteiger partial charge in [0.25, 0.3) is 0 Å². The maximum Gasteiger partial charge on any atom is 0.410 e. The van der Waals surface area contributed by atoms with Gasteiger partial charge in [-0.1, -0.05) is 85.6 Å². The van der Waals surface area contributed by atoms with Crippen LogP contribution in [0.3, 0.4) is 0 Å². The van der Waals surface area contributed by atoms with Crippen molar-refractivity contribution in [2.75, 3.05) is 32.5 Å². The van der Waals surface area contributed by atoms with E-state index >= 15 is 0 Å². The second kappa shape index (κ2) is 17.2. The SMILES string of the molecule is CS(=O)(=O)c1ccc(CN(CCCCCCN(CCO)C(=O)OCc2ccccc2)C(=O)OCc2ccccc2)cc1. The van der Waals surface area contributed by atoms with Gasteiger partial charge in [-0.2, -0.15) is 0 Å². The Balaban J connectivity index is 1.48. The monoisotopic (exact) mass is 596 g/mol. The average Bonchev–Trinajstić information content (AvgIpc) is 3.00. The van der Waals surface area contributed by atoms with Crippen molar-refractivity contribution < 1.29 is 32.6 Å². The summed E-state index contributed by atoms with van der Waals surface area (Å²) in [4.78, 5) is 28.9. The fourth-order valence-corrected chi connectivity index (χ4v) is 4.92. The van der Waals surface area contributed by atoms with E-state index in [0.29, 0.717) is 13.1 Å². The van der Waals surface area contributed by atoms with Crippen LogP contribution in [-0.2, 0) is 39.1 Å². The lowest BCUT2D eigenvalue weighted by molar-refractivity contribution is 0.0871. The van der Waals surface area contributed by atoms with Crippen LogP contribution in [0, 0.1) is 0 Å². The molecule has 1 N–H and O–H groups in total. The summed E-state index contributed by atoms with van der Waals surface area (Å²) in [5, 5.41) is 9.39. The Morgan fingerprint density at radius 1 is 0.643 bits per heavy atom. The maximum absolute atomic E-state index is 13.0. The molecule has 0 bridgehead atoms. The van der Waals surface area contributed by atoms with Crippen LogP contribution in [0.25, 0.3) is 0 Å². The third-order valence-electron chi connectivity index (χ3n) is 6.63. The van der Waals surface area contributed by atoms with Crippen molar-refractivity contribution in [3.05, 3.63) is 102 Å². The van der Waals surface area contributed by atoms with Gasteiger partial charge in [-0.15, -0.1) is 0 Å². The van der Waals surface area contributed by atoms with Gasteiger partial charge in [-0.25, -0.2) is 18.0 Å².